The highest BCUT2D eigenvalue weighted by Crippen LogP contribution is 2.41. The number of Topliss-reactive ketones (excluding diaryl/α,β-unsaturated/α-hetero) is 1. The molecule has 2 fully saturated rings. The predicted molar refractivity (Wildman–Crippen MR) is 234 cm³/mol. The lowest BCUT2D eigenvalue weighted by atomic mass is 9.71. The first kappa shape index (κ1) is 53.0. The van der Waals surface area contributed by atoms with Crippen LogP contribution in [0, 0.1) is 5.41 Å². The number of carbonyl (C=O) groups excluding carboxylic acids is 3. The molecule has 0 aromatic heterocycles. The van der Waals surface area contributed by atoms with Gasteiger partial charge in [-0.3, -0.25) is 14.4 Å². The molecule has 3 rings (SSSR count). The normalized spacial score (nSPS) is 31.7. The summed E-state index contributed by atoms with van der Waals surface area (Å²) in [5, 5.41) is 70.9. The van der Waals surface area contributed by atoms with Gasteiger partial charge in [0, 0.05) is 6.42 Å². The van der Waals surface area contributed by atoms with Gasteiger partial charge in [-0.15, -0.1) is 0 Å². The predicted octanol–water partition coefficient (Wildman–Crippen LogP) is 3.75. The highest BCUT2D eigenvalue weighted by Gasteiger charge is 2.50. The molecule has 3 aliphatic rings. The Morgan fingerprint density at radius 1 is 0.714 bits per heavy atom. The average Bonchev–Trinajstić information content (AvgIpc) is 3.22. The molecule has 0 aromatic carbocycles. The molecule has 0 aromatic rings. The number of rotatable bonds is 18. The summed E-state index contributed by atoms with van der Waals surface area (Å²) >= 11 is 0. The van der Waals surface area contributed by atoms with E-state index in [1.54, 1.807) is 6.92 Å². The van der Waals surface area contributed by atoms with E-state index in [4.69, 9.17) is 23.7 Å². The van der Waals surface area contributed by atoms with Gasteiger partial charge in [0.1, 0.15) is 55.4 Å². The lowest BCUT2D eigenvalue weighted by Gasteiger charge is -2.45. The van der Waals surface area contributed by atoms with Gasteiger partial charge in [0.2, 0.25) is 0 Å². The van der Waals surface area contributed by atoms with Crippen LogP contribution in [0.4, 0.5) is 0 Å². The Labute approximate surface area is 370 Å². The summed E-state index contributed by atoms with van der Waals surface area (Å²) < 4.78 is 26.9. The smallest absolute Gasteiger partial charge is 0.307 e. The molecule has 63 heavy (non-hydrogen) atoms. The third kappa shape index (κ3) is 16.0. The zero-order valence-corrected chi connectivity index (χ0v) is 37.4. The van der Waals surface area contributed by atoms with Crippen molar-refractivity contribution in [2.75, 3.05) is 13.2 Å². The molecule has 348 valence electrons. The lowest BCUT2D eigenvalue weighted by molar-refractivity contribution is -0.355. The van der Waals surface area contributed by atoms with Gasteiger partial charge in [0.25, 0.3) is 0 Å². The summed E-state index contributed by atoms with van der Waals surface area (Å²) in [5.74, 6) is -2.08. The molecule has 11 atom stereocenters. The van der Waals surface area contributed by atoms with Gasteiger partial charge < -0.3 is 59.4 Å². The summed E-state index contributed by atoms with van der Waals surface area (Å²) in [6.45, 7) is 14.2. The van der Waals surface area contributed by atoms with E-state index >= 15 is 0 Å². The molecule has 0 spiro atoms. The number of aliphatic hydroxyl groups is 7. The van der Waals surface area contributed by atoms with Crippen molar-refractivity contribution in [3.05, 3.63) is 119 Å². The van der Waals surface area contributed by atoms with Crippen molar-refractivity contribution in [1.29, 1.82) is 0 Å². The Balaban J connectivity index is 1.53. The van der Waals surface area contributed by atoms with Crippen LogP contribution in [0.3, 0.4) is 0 Å². The van der Waals surface area contributed by atoms with Gasteiger partial charge in [-0.1, -0.05) is 121 Å². The highest BCUT2D eigenvalue weighted by molar-refractivity contribution is 6.01. The van der Waals surface area contributed by atoms with Crippen LogP contribution in [0.2, 0.25) is 0 Å². The Bertz CT molecular complexity index is 1890. The molecular weight excluding hydrogens is 817 g/mol. The molecule has 1 aliphatic carbocycles. The number of esters is 2. The minimum Gasteiger partial charge on any atom is -0.463 e. The van der Waals surface area contributed by atoms with E-state index in [1.807, 2.05) is 108 Å². The van der Waals surface area contributed by atoms with Crippen LogP contribution in [-0.2, 0) is 38.1 Å². The summed E-state index contributed by atoms with van der Waals surface area (Å²) in [6.07, 6.45) is 8.99. The Hall–Kier alpha value is -4.39. The van der Waals surface area contributed by atoms with Gasteiger partial charge in [0.15, 0.2) is 24.5 Å². The van der Waals surface area contributed by atoms with Crippen molar-refractivity contribution in [3.63, 3.8) is 0 Å². The third-order valence-electron chi connectivity index (χ3n) is 10.7. The van der Waals surface area contributed by atoms with Crippen molar-refractivity contribution < 1.29 is 73.8 Å². The van der Waals surface area contributed by atoms with Gasteiger partial charge in [-0.25, -0.2) is 0 Å². The van der Waals surface area contributed by atoms with Crippen LogP contribution < -0.4 is 0 Å². The van der Waals surface area contributed by atoms with E-state index in [0.717, 1.165) is 22.3 Å². The second-order valence-electron chi connectivity index (χ2n) is 16.6. The maximum atomic E-state index is 13.4. The zero-order valence-electron chi connectivity index (χ0n) is 37.4. The molecule has 11 unspecified atom stereocenters. The fourth-order valence-corrected chi connectivity index (χ4v) is 7.04. The topological polar surface area (TPSA) is 239 Å². The molecule has 7 N–H and O–H groups in total. The second-order valence-corrected chi connectivity index (χ2v) is 16.6. The van der Waals surface area contributed by atoms with Gasteiger partial charge >= 0.3 is 11.9 Å². The number of allylic oxidation sites excluding steroid dienone is 19. The SMILES string of the molecule is C/C=C/C(C)=C/C=C/C(C)=C/C=C/C=C(C)/C=C/C=C(C)/C=C/C1=C(C)C(=O)C(OC(=O)CCC(=O)OCC2OC(O)C(O)C(O)C2OC2OC(CO)C(O)C(O)C2O)CC1(C)C. The number of hydrogen-bond donors (Lipinski definition) is 7. The van der Waals surface area contributed by atoms with Crippen molar-refractivity contribution in [2.45, 2.75) is 142 Å². The number of ketones is 1. The highest BCUT2D eigenvalue weighted by atomic mass is 16.7. The van der Waals surface area contributed by atoms with Crippen LogP contribution in [-0.4, -0.2) is 134 Å². The molecule has 0 radical (unpaired) electrons. The lowest BCUT2D eigenvalue weighted by Crippen LogP contribution is -2.64. The molecular formula is C48H66O15. The van der Waals surface area contributed by atoms with E-state index in [-0.39, 0.29) is 12.2 Å². The Morgan fingerprint density at radius 3 is 1.86 bits per heavy atom. The first-order chi connectivity index (χ1) is 29.7. The van der Waals surface area contributed by atoms with Crippen LogP contribution in [0.25, 0.3) is 0 Å². The third-order valence-corrected chi connectivity index (χ3v) is 10.7. The van der Waals surface area contributed by atoms with Crippen LogP contribution >= 0.6 is 0 Å². The molecule has 15 heteroatoms. The molecule has 0 saturated carbocycles. The summed E-state index contributed by atoms with van der Waals surface area (Å²) in [4.78, 5) is 38.9. The molecule has 2 aliphatic heterocycles. The molecule has 15 nitrogen and oxygen atoms in total. The second kappa shape index (κ2) is 25.2. The van der Waals surface area contributed by atoms with E-state index in [2.05, 4.69) is 25.2 Å². The standard InChI is InChI=1S/C48H66O15/c1-9-14-28(2)17-12-18-29(3)15-10-11-16-30(4)19-13-20-31(5)21-22-33-32(6)39(52)34(25-48(33,7)8)60-38(51)24-23-37(50)59-27-36-45(42(55)43(56)46(58)61-36)63-47-44(57)41(54)40(53)35(26-49)62-47/h9-22,34-36,40-47,49,53-58H,23-27H2,1-8H3/b11-10+,14-9+,18-12+,19-13+,22-21+,28-17+,29-15+,30-16+,31-20+. The van der Waals surface area contributed by atoms with Crippen molar-refractivity contribution in [1.82, 2.24) is 0 Å². The maximum Gasteiger partial charge on any atom is 0.307 e. The van der Waals surface area contributed by atoms with Crippen molar-refractivity contribution in [2.24, 2.45) is 5.41 Å². The molecule has 2 heterocycles. The first-order valence-electron chi connectivity index (χ1n) is 21.0. The van der Waals surface area contributed by atoms with E-state index < -0.39 is 111 Å². The number of hydrogen-bond acceptors (Lipinski definition) is 15. The summed E-state index contributed by atoms with van der Waals surface area (Å²) in [5.41, 5.74) is 5.06. The van der Waals surface area contributed by atoms with Crippen molar-refractivity contribution in [3.8, 4) is 0 Å². The van der Waals surface area contributed by atoms with E-state index in [9.17, 15) is 50.1 Å². The fraction of sp³-hybridized carbons (Fsp3) is 0.521. The average molecular weight is 883 g/mol. The van der Waals surface area contributed by atoms with Crippen LogP contribution in [0.15, 0.2) is 119 Å². The Morgan fingerprint density at radius 2 is 1.27 bits per heavy atom. The van der Waals surface area contributed by atoms with Crippen LogP contribution in [0.5, 0.6) is 0 Å². The fourth-order valence-electron chi connectivity index (χ4n) is 7.04. The minimum atomic E-state index is -1.93. The zero-order chi connectivity index (χ0) is 47.0. The largest absolute Gasteiger partial charge is 0.463 e. The molecule has 0 amide bonds. The van der Waals surface area contributed by atoms with Crippen molar-refractivity contribution >= 4 is 17.7 Å². The van der Waals surface area contributed by atoms with Gasteiger partial charge in [-0.05, 0) is 58.1 Å². The van der Waals surface area contributed by atoms with E-state index in [1.165, 1.54) is 5.57 Å². The summed E-state index contributed by atoms with van der Waals surface area (Å²) in [6, 6.07) is 0. The molecule has 2 saturated heterocycles. The minimum absolute atomic E-state index is 0.211. The number of ether oxygens (including phenoxy) is 5. The van der Waals surface area contributed by atoms with Gasteiger partial charge in [-0.2, -0.15) is 0 Å². The quantitative estimate of drug-likeness (QED) is 0.0767. The monoisotopic (exact) mass is 882 g/mol. The number of aliphatic hydroxyl groups excluding tert-OH is 7. The van der Waals surface area contributed by atoms with E-state index in [0.29, 0.717) is 5.57 Å². The number of carbonyl (C=O) groups is 3. The van der Waals surface area contributed by atoms with Gasteiger partial charge in [0.05, 0.1) is 19.4 Å². The maximum absolute atomic E-state index is 13.4. The summed E-state index contributed by atoms with van der Waals surface area (Å²) in [7, 11) is 0. The molecule has 0 bridgehead atoms. The first-order valence-corrected chi connectivity index (χ1v) is 21.0. The van der Waals surface area contributed by atoms with Crippen LogP contribution in [0.1, 0.15) is 74.7 Å². The Kier molecular flexibility index (Phi) is 21.2.